The Morgan fingerprint density at radius 2 is 1.70 bits per heavy atom. The number of ketones is 1. The molecule has 1 N–H and O–H groups in total. The standard InChI is InChI=1S/C16H24N4O3/c1-4-6-8-19-14-13(17-12(18-14)10-11(3)21)15(22)20(16(19)23)9-7-5-2/h4-10H2,1-3H3,(H,17,18). The van der Waals surface area contributed by atoms with Crippen LogP contribution in [0.1, 0.15) is 52.3 Å². The summed E-state index contributed by atoms with van der Waals surface area (Å²) >= 11 is 0. The van der Waals surface area contributed by atoms with E-state index in [1.807, 2.05) is 13.8 Å². The van der Waals surface area contributed by atoms with Crippen LogP contribution in [0.2, 0.25) is 0 Å². The molecule has 7 heteroatoms. The Morgan fingerprint density at radius 3 is 2.26 bits per heavy atom. The van der Waals surface area contributed by atoms with E-state index >= 15 is 0 Å². The highest BCUT2D eigenvalue weighted by molar-refractivity contribution is 5.79. The zero-order chi connectivity index (χ0) is 17.0. The van der Waals surface area contributed by atoms with Crippen LogP contribution in [0.15, 0.2) is 9.59 Å². The molecular formula is C16H24N4O3. The number of aromatic amines is 1. The average Bonchev–Trinajstić information content (AvgIpc) is 2.90. The van der Waals surface area contributed by atoms with Crippen molar-refractivity contribution in [2.75, 3.05) is 0 Å². The molecule has 2 rings (SSSR count). The SMILES string of the molecule is CCCCn1c(=O)c2[nH]c(CC(C)=O)nc2n(CCCC)c1=O. The number of Topliss-reactive ketones (excluding diaryl/α,β-unsaturated/α-hetero) is 1. The molecule has 0 amide bonds. The van der Waals surface area contributed by atoms with Crippen molar-refractivity contribution in [1.29, 1.82) is 0 Å². The number of H-pyrrole nitrogens is 1. The fourth-order valence-corrected chi connectivity index (χ4v) is 2.57. The molecule has 126 valence electrons. The van der Waals surface area contributed by atoms with Crippen molar-refractivity contribution in [2.45, 2.75) is 66.0 Å². The number of hydrogen-bond acceptors (Lipinski definition) is 4. The van der Waals surface area contributed by atoms with Gasteiger partial charge in [-0.2, -0.15) is 0 Å². The first-order chi connectivity index (χ1) is 11.0. The quantitative estimate of drug-likeness (QED) is 0.800. The molecule has 0 aromatic carbocycles. The first kappa shape index (κ1) is 17.2. The molecule has 2 aromatic rings. The van der Waals surface area contributed by atoms with Gasteiger partial charge in [-0.15, -0.1) is 0 Å². The number of aryl methyl sites for hydroxylation is 1. The second-order valence-electron chi connectivity index (χ2n) is 5.86. The summed E-state index contributed by atoms with van der Waals surface area (Å²) in [5.41, 5.74) is 0.00396. The third-order valence-corrected chi connectivity index (χ3v) is 3.80. The molecule has 0 unspecified atom stereocenters. The van der Waals surface area contributed by atoms with Gasteiger partial charge in [-0.05, 0) is 19.8 Å². The second-order valence-corrected chi connectivity index (χ2v) is 5.86. The minimum atomic E-state index is -0.353. The van der Waals surface area contributed by atoms with Gasteiger partial charge in [0.2, 0.25) is 0 Å². The van der Waals surface area contributed by atoms with Gasteiger partial charge in [-0.1, -0.05) is 26.7 Å². The summed E-state index contributed by atoms with van der Waals surface area (Å²) in [5, 5.41) is 0. The largest absolute Gasteiger partial charge is 0.336 e. The van der Waals surface area contributed by atoms with Crippen molar-refractivity contribution in [1.82, 2.24) is 19.1 Å². The molecule has 2 aromatic heterocycles. The molecule has 0 aliphatic carbocycles. The number of imidazole rings is 1. The van der Waals surface area contributed by atoms with Gasteiger partial charge in [0.25, 0.3) is 5.56 Å². The summed E-state index contributed by atoms with van der Waals surface area (Å²) in [4.78, 5) is 43.8. The number of fused-ring (bicyclic) bond motifs is 1. The summed E-state index contributed by atoms with van der Waals surface area (Å²) in [6.07, 6.45) is 3.56. The van der Waals surface area contributed by atoms with Crippen molar-refractivity contribution in [3.63, 3.8) is 0 Å². The monoisotopic (exact) mass is 320 g/mol. The van der Waals surface area contributed by atoms with Crippen molar-refractivity contribution in [3.05, 3.63) is 26.7 Å². The predicted molar refractivity (Wildman–Crippen MR) is 88.8 cm³/mol. The van der Waals surface area contributed by atoms with Gasteiger partial charge in [0.05, 0.1) is 6.42 Å². The average molecular weight is 320 g/mol. The number of carbonyl (C=O) groups excluding carboxylic acids is 1. The number of nitrogens with one attached hydrogen (secondary N) is 1. The van der Waals surface area contributed by atoms with Crippen molar-refractivity contribution >= 4 is 16.9 Å². The molecule has 0 aliphatic rings. The summed E-state index contributed by atoms with van der Waals surface area (Å²) in [5.74, 6) is 0.389. The number of nitrogens with zero attached hydrogens (tertiary/aromatic N) is 3. The maximum Gasteiger partial charge on any atom is 0.332 e. The van der Waals surface area contributed by atoms with E-state index in [1.54, 1.807) is 4.57 Å². The maximum atomic E-state index is 12.7. The molecule has 0 saturated heterocycles. The molecule has 0 bridgehead atoms. The van der Waals surface area contributed by atoms with Crippen LogP contribution in [0, 0.1) is 0 Å². The molecule has 0 radical (unpaired) electrons. The van der Waals surface area contributed by atoms with Crippen LogP contribution in [0.3, 0.4) is 0 Å². The summed E-state index contributed by atoms with van der Waals surface area (Å²) in [6, 6.07) is 0. The van der Waals surface area contributed by atoms with Crippen molar-refractivity contribution in [2.24, 2.45) is 0 Å². The smallest absolute Gasteiger partial charge is 0.332 e. The lowest BCUT2D eigenvalue weighted by Gasteiger charge is -2.10. The van der Waals surface area contributed by atoms with E-state index in [4.69, 9.17) is 0 Å². The number of carbonyl (C=O) groups is 1. The van der Waals surface area contributed by atoms with Gasteiger partial charge in [-0.3, -0.25) is 18.7 Å². The lowest BCUT2D eigenvalue weighted by molar-refractivity contribution is -0.116. The van der Waals surface area contributed by atoms with Crippen LogP contribution < -0.4 is 11.2 Å². The van der Waals surface area contributed by atoms with Gasteiger partial charge in [0, 0.05) is 13.1 Å². The van der Waals surface area contributed by atoms with E-state index in [2.05, 4.69) is 9.97 Å². The molecule has 0 fully saturated rings. The predicted octanol–water partition coefficient (Wildman–Crippen LogP) is 1.62. The van der Waals surface area contributed by atoms with Crippen molar-refractivity contribution < 1.29 is 4.79 Å². The number of aromatic nitrogens is 4. The van der Waals surface area contributed by atoms with E-state index in [0.29, 0.717) is 30.1 Å². The molecular weight excluding hydrogens is 296 g/mol. The molecule has 2 heterocycles. The zero-order valence-electron chi connectivity index (χ0n) is 14.0. The third kappa shape index (κ3) is 3.60. The summed E-state index contributed by atoms with van der Waals surface area (Å²) in [7, 11) is 0. The first-order valence-corrected chi connectivity index (χ1v) is 8.21. The van der Waals surface area contributed by atoms with Gasteiger partial charge < -0.3 is 4.98 Å². The summed E-state index contributed by atoms with van der Waals surface area (Å²) in [6.45, 7) is 6.44. The highest BCUT2D eigenvalue weighted by atomic mass is 16.2. The Hall–Kier alpha value is -2.18. The normalized spacial score (nSPS) is 11.3. The Kier molecular flexibility index (Phi) is 5.52. The van der Waals surface area contributed by atoms with Crippen LogP contribution in [0.25, 0.3) is 11.2 Å². The van der Waals surface area contributed by atoms with E-state index in [9.17, 15) is 14.4 Å². The molecule has 0 saturated carbocycles. The second kappa shape index (κ2) is 7.39. The lowest BCUT2D eigenvalue weighted by atomic mass is 10.3. The summed E-state index contributed by atoms with van der Waals surface area (Å²) < 4.78 is 2.83. The van der Waals surface area contributed by atoms with Crippen molar-refractivity contribution in [3.8, 4) is 0 Å². The van der Waals surface area contributed by atoms with Gasteiger partial charge in [-0.25, -0.2) is 9.78 Å². The highest BCUT2D eigenvalue weighted by Gasteiger charge is 2.17. The Labute approximate surface area is 134 Å². The lowest BCUT2D eigenvalue weighted by Crippen LogP contribution is -2.40. The number of rotatable bonds is 8. The molecule has 0 atom stereocenters. The number of unbranched alkanes of at least 4 members (excludes halogenated alkanes) is 2. The van der Waals surface area contributed by atoms with Gasteiger partial charge >= 0.3 is 5.69 Å². The fraction of sp³-hybridized carbons (Fsp3) is 0.625. The maximum absolute atomic E-state index is 12.7. The molecule has 7 nitrogen and oxygen atoms in total. The highest BCUT2D eigenvalue weighted by Crippen LogP contribution is 2.08. The van der Waals surface area contributed by atoms with E-state index in [1.165, 1.54) is 11.5 Å². The van der Waals surface area contributed by atoms with E-state index in [-0.39, 0.29) is 23.5 Å². The topological polar surface area (TPSA) is 89.8 Å². The third-order valence-electron chi connectivity index (χ3n) is 3.80. The van der Waals surface area contributed by atoms with Crippen LogP contribution >= 0.6 is 0 Å². The zero-order valence-corrected chi connectivity index (χ0v) is 14.0. The molecule has 0 spiro atoms. The first-order valence-electron chi connectivity index (χ1n) is 8.21. The van der Waals surface area contributed by atoms with Crippen LogP contribution in [-0.2, 0) is 24.3 Å². The molecule has 23 heavy (non-hydrogen) atoms. The van der Waals surface area contributed by atoms with Gasteiger partial charge in [0.15, 0.2) is 5.65 Å². The Balaban J connectivity index is 2.65. The minimum Gasteiger partial charge on any atom is -0.336 e. The number of hydrogen-bond donors (Lipinski definition) is 1. The van der Waals surface area contributed by atoms with E-state index < -0.39 is 0 Å². The van der Waals surface area contributed by atoms with Crippen LogP contribution in [0.4, 0.5) is 0 Å². The Morgan fingerprint density at radius 1 is 1.09 bits per heavy atom. The molecule has 0 aliphatic heterocycles. The Bertz CT molecular complexity index is 813. The fourth-order valence-electron chi connectivity index (χ4n) is 2.57. The van der Waals surface area contributed by atoms with Crippen LogP contribution in [0.5, 0.6) is 0 Å². The van der Waals surface area contributed by atoms with Crippen LogP contribution in [-0.4, -0.2) is 24.9 Å². The van der Waals surface area contributed by atoms with Gasteiger partial charge in [0.1, 0.15) is 17.1 Å². The van der Waals surface area contributed by atoms with E-state index in [0.717, 1.165) is 25.7 Å². The minimum absolute atomic E-state index is 0.0437.